The van der Waals surface area contributed by atoms with E-state index in [1.807, 2.05) is 6.92 Å². The van der Waals surface area contributed by atoms with Crippen molar-refractivity contribution in [2.75, 3.05) is 36.0 Å². The fraction of sp³-hybridized carbons (Fsp3) is 0.526. The number of hydrogen-bond acceptors (Lipinski definition) is 6. The first-order valence-electron chi connectivity index (χ1n) is 9.43. The first kappa shape index (κ1) is 16.8. The molecule has 27 heavy (non-hydrogen) atoms. The molecule has 0 aliphatic carbocycles. The lowest BCUT2D eigenvalue weighted by atomic mass is 10.1. The Hall–Kier alpha value is -2.35. The molecule has 0 N–H and O–H groups in total. The predicted octanol–water partition coefficient (Wildman–Crippen LogP) is 2.53. The molecule has 2 aromatic heterocycles. The van der Waals surface area contributed by atoms with E-state index in [4.69, 9.17) is 4.98 Å². The van der Waals surface area contributed by atoms with Crippen LogP contribution in [0.1, 0.15) is 35.6 Å². The van der Waals surface area contributed by atoms with E-state index in [0.717, 1.165) is 62.3 Å². The maximum Gasteiger partial charge on any atom is 0.280 e. The van der Waals surface area contributed by atoms with Gasteiger partial charge >= 0.3 is 0 Å². The van der Waals surface area contributed by atoms with Crippen LogP contribution in [-0.2, 0) is 13.1 Å². The molecule has 0 unspecified atom stereocenters. The van der Waals surface area contributed by atoms with Crippen molar-refractivity contribution >= 4 is 11.5 Å². The van der Waals surface area contributed by atoms with Crippen molar-refractivity contribution in [1.29, 1.82) is 0 Å². The fourth-order valence-electron chi connectivity index (χ4n) is 4.08. The lowest BCUT2D eigenvalue weighted by Crippen LogP contribution is -2.58. The Labute approximate surface area is 156 Å². The number of halogens is 2. The van der Waals surface area contributed by atoms with Crippen molar-refractivity contribution < 1.29 is 8.78 Å². The lowest BCUT2D eigenvalue weighted by molar-refractivity contribution is 0.146. The lowest BCUT2D eigenvalue weighted by Gasteiger charge is -2.45. The molecule has 6 nitrogen and oxygen atoms in total. The van der Waals surface area contributed by atoms with E-state index in [9.17, 15) is 8.78 Å². The standard InChI is InChI=1S/C19H22F2N6/c1-12-23-17-11-27(10-15(17)19(24-12)25-5-2-6-25)14-8-26(9-14)13-3-4-22-16(7-13)18(20)21/h3-4,7,14,18H,2,5-6,8-11H2,1H3. The number of fused-ring (bicyclic) bond motifs is 1. The maximum absolute atomic E-state index is 12.9. The van der Waals surface area contributed by atoms with Crippen molar-refractivity contribution in [1.82, 2.24) is 19.9 Å². The van der Waals surface area contributed by atoms with Crippen molar-refractivity contribution in [2.24, 2.45) is 0 Å². The minimum atomic E-state index is -2.53. The summed E-state index contributed by atoms with van der Waals surface area (Å²) in [4.78, 5) is 20.0. The molecule has 5 heterocycles. The quantitative estimate of drug-likeness (QED) is 0.822. The van der Waals surface area contributed by atoms with Crippen LogP contribution in [-0.4, -0.2) is 52.1 Å². The Kier molecular flexibility index (Phi) is 3.96. The van der Waals surface area contributed by atoms with Gasteiger partial charge in [-0.25, -0.2) is 18.7 Å². The van der Waals surface area contributed by atoms with E-state index in [0.29, 0.717) is 6.04 Å². The van der Waals surface area contributed by atoms with Crippen LogP contribution in [0.5, 0.6) is 0 Å². The van der Waals surface area contributed by atoms with E-state index in [-0.39, 0.29) is 5.69 Å². The number of rotatable bonds is 4. The van der Waals surface area contributed by atoms with E-state index in [1.54, 1.807) is 6.07 Å². The van der Waals surface area contributed by atoms with Crippen LogP contribution in [0, 0.1) is 6.92 Å². The molecule has 0 bridgehead atoms. The highest BCUT2D eigenvalue weighted by Crippen LogP contribution is 2.35. The average molecular weight is 372 g/mol. The van der Waals surface area contributed by atoms with Gasteiger partial charge < -0.3 is 9.80 Å². The average Bonchev–Trinajstić information content (AvgIpc) is 2.95. The second kappa shape index (κ2) is 6.37. The smallest absolute Gasteiger partial charge is 0.280 e. The Morgan fingerprint density at radius 1 is 1.11 bits per heavy atom. The van der Waals surface area contributed by atoms with E-state index in [2.05, 4.69) is 24.7 Å². The molecule has 0 radical (unpaired) electrons. The Morgan fingerprint density at radius 3 is 2.63 bits per heavy atom. The van der Waals surface area contributed by atoms with Crippen molar-refractivity contribution in [3.8, 4) is 0 Å². The summed E-state index contributed by atoms with van der Waals surface area (Å²) < 4.78 is 25.7. The topological polar surface area (TPSA) is 48.4 Å². The van der Waals surface area contributed by atoms with Crippen LogP contribution < -0.4 is 9.80 Å². The van der Waals surface area contributed by atoms with Gasteiger partial charge in [-0.2, -0.15) is 0 Å². The number of aromatic nitrogens is 3. The number of hydrogen-bond donors (Lipinski definition) is 0. The third kappa shape index (κ3) is 2.92. The Bertz CT molecular complexity index is 863. The van der Waals surface area contributed by atoms with Crippen LogP contribution in [0.2, 0.25) is 0 Å². The molecule has 2 saturated heterocycles. The van der Waals surface area contributed by atoms with Gasteiger partial charge in [0, 0.05) is 62.8 Å². The van der Waals surface area contributed by atoms with E-state index < -0.39 is 6.43 Å². The van der Waals surface area contributed by atoms with Gasteiger partial charge in [-0.05, 0) is 25.5 Å². The number of pyridine rings is 1. The molecule has 0 atom stereocenters. The highest BCUT2D eigenvalue weighted by atomic mass is 19.3. The molecule has 5 rings (SSSR count). The summed E-state index contributed by atoms with van der Waals surface area (Å²) >= 11 is 0. The SMILES string of the molecule is Cc1nc2c(c(N3CCC3)n1)CN(C1CN(c3ccnc(C(F)F)c3)C1)C2. The third-order valence-electron chi connectivity index (χ3n) is 5.78. The van der Waals surface area contributed by atoms with Crippen LogP contribution in [0.25, 0.3) is 0 Å². The van der Waals surface area contributed by atoms with E-state index >= 15 is 0 Å². The first-order valence-corrected chi connectivity index (χ1v) is 9.43. The molecule has 0 saturated carbocycles. The molecule has 2 fully saturated rings. The summed E-state index contributed by atoms with van der Waals surface area (Å²) in [6.07, 6.45) is 0.163. The number of nitrogens with zero attached hydrogens (tertiary/aromatic N) is 6. The number of alkyl halides is 2. The summed E-state index contributed by atoms with van der Waals surface area (Å²) in [7, 11) is 0. The molecule has 0 amide bonds. The zero-order valence-corrected chi connectivity index (χ0v) is 15.3. The van der Waals surface area contributed by atoms with Crippen LogP contribution in [0.4, 0.5) is 20.3 Å². The molecular formula is C19H22F2N6. The Morgan fingerprint density at radius 2 is 1.93 bits per heavy atom. The van der Waals surface area contributed by atoms with Gasteiger partial charge in [0.2, 0.25) is 0 Å². The number of aryl methyl sites for hydroxylation is 1. The van der Waals surface area contributed by atoms with Crippen molar-refractivity contribution in [3.05, 3.63) is 41.1 Å². The monoisotopic (exact) mass is 372 g/mol. The van der Waals surface area contributed by atoms with Crippen molar-refractivity contribution in [2.45, 2.75) is 38.9 Å². The summed E-state index contributed by atoms with van der Waals surface area (Å²) in [6, 6.07) is 3.71. The summed E-state index contributed by atoms with van der Waals surface area (Å²) in [5, 5.41) is 0. The second-order valence-corrected chi connectivity index (χ2v) is 7.56. The van der Waals surface area contributed by atoms with Gasteiger partial charge in [0.1, 0.15) is 17.3 Å². The fourth-order valence-corrected chi connectivity index (χ4v) is 4.08. The highest BCUT2D eigenvalue weighted by Gasteiger charge is 2.38. The molecule has 8 heteroatoms. The number of anilines is 2. The van der Waals surface area contributed by atoms with Crippen LogP contribution in [0.3, 0.4) is 0 Å². The molecule has 2 aromatic rings. The maximum atomic E-state index is 12.9. The van der Waals surface area contributed by atoms with Gasteiger partial charge in [-0.15, -0.1) is 0 Å². The van der Waals surface area contributed by atoms with Crippen molar-refractivity contribution in [3.63, 3.8) is 0 Å². The van der Waals surface area contributed by atoms with Gasteiger partial charge in [0.25, 0.3) is 6.43 Å². The largest absolute Gasteiger partial charge is 0.368 e. The zero-order valence-electron chi connectivity index (χ0n) is 15.3. The van der Waals surface area contributed by atoms with E-state index in [1.165, 1.54) is 24.2 Å². The zero-order chi connectivity index (χ0) is 18.5. The Balaban J connectivity index is 1.28. The minimum absolute atomic E-state index is 0.158. The molecular weight excluding hydrogens is 350 g/mol. The molecule has 3 aliphatic heterocycles. The summed E-state index contributed by atoms with van der Waals surface area (Å²) in [5.41, 5.74) is 3.08. The summed E-state index contributed by atoms with van der Waals surface area (Å²) in [5.74, 6) is 1.95. The van der Waals surface area contributed by atoms with Crippen LogP contribution in [0.15, 0.2) is 18.3 Å². The highest BCUT2D eigenvalue weighted by molar-refractivity contribution is 5.53. The third-order valence-corrected chi connectivity index (χ3v) is 5.78. The van der Waals surface area contributed by atoms with Gasteiger partial charge in [-0.3, -0.25) is 9.88 Å². The predicted molar refractivity (Wildman–Crippen MR) is 98.0 cm³/mol. The van der Waals surface area contributed by atoms with Gasteiger partial charge in [0.15, 0.2) is 0 Å². The second-order valence-electron chi connectivity index (χ2n) is 7.56. The molecule has 3 aliphatic rings. The first-order chi connectivity index (χ1) is 13.1. The molecule has 0 spiro atoms. The van der Waals surface area contributed by atoms with Gasteiger partial charge in [-0.1, -0.05) is 0 Å². The molecule has 0 aromatic carbocycles. The summed E-state index contributed by atoms with van der Waals surface area (Å²) in [6.45, 7) is 7.51. The minimum Gasteiger partial charge on any atom is -0.368 e. The van der Waals surface area contributed by atoms with Gasteiger partial charge in [0.05, 0.1) is 5.69 Å². The van der Waals surface area contributed by atoms with Crippen LogP contribution >= 0.6 is 0 Å². The molecule has 142 valence electrons. The normalized spacial score (nSPS) is 20.0.